The van der Waals surface area contributed by atoms with E-state index in [2.05, 4.69) is 15.6 Å². The molecule has 3 rings (SSSR count). The van der Waals surface area contributed by atoms with Gasteiger partial charge in [0.15, 0.2) is 5.96 Å². The summed E-state index contributed by atoms with van der Waals surface area (Å²) in [6, 6.07) is 8.07. The van der Waals surface area contributed by atoms with Gasteiger partial charge < -0.3 is 20.4 Å². The first kappa shape index (κ1) is 23.4. The second-order valence-electron chi connectivity index (χ2n) is 7.28. The van der Waals surface area contributed by atoms with E-state index in [-0.39, 0.29) is 35.8 Å². The number of nitrogens with one attached hydrogen (secondary N) is 2. The van der Waals surface area contributed by atoms with Crippen LogP contribution in [0.5, 0.6) is 0 Å². The number of guanidine groups is 1. The molecule has 2 aliphatic heterocycles. The summed E-state index contributed by atoms with van der Waals surface area (Å²) in [5, 5.41) is 6.60. The van der Waals surface area contributed by atoms with Crippen LogP contribution in [0.1, 0.15) is 44.6 Å². The van der Waals surface area contributed by atoms with E-state index >= 15 is 0 Å². The van der Waals surface area contributed by atoms with Gasteiger partial charge >= 0.3 is 0 Å². The van der Waals surface area contributed by atoms with Crippen LogP contribution in [0, 0.1) is 0 Å². The van der Waals surface area contributed by atoms with Crippen molar-refractivity contribution in [3.8, 4) is 0 Å². The number of aliphatic imine (C=N–C) groups is 1. The largest absolute Gasteiger partial charge is 0.357 e. The van der Waals surface area contributed by atoms with Crippen LogP contribution in [0.3, 0.4) is 0 Å². The lowest BCUT2D eigenvalue weighted by Crippen LogP contribution is -2.39. The predicted molar refractivity (Wildman–Crippen MR) is 127 cm³/mol. The van der Waals surface area contributed by atoms with Gasteiger partial charge in [-0.2, -0.15) is 0 Å². The van der Waals surface area contributed by atoms with Crippen LogP contribution in [-0.4, -0.2) is 55.4 Å². The maximum absolute atomic E-state index is 11.8. The fourth-order valence-electron chi connectivity index (χ4n) is 3.63. The monoisotopic (exact) mass is 513 g/mol. The van der Waals surface area contributed by atoms with E-state index in [1.165, 1.54) is 0 Å². The lowest BCUT2D eigenvalue weighted by molar-refractivity contribution is -0.127. The van der Waals surface area contributed by atoms with E-state index in [1.54, 1.807) is 0 Å². The Hall–Kier alpha value is -1.84. The van der Waals surface area contributed by atoms with Gasteiger partial charge in [0.1, 0.15) is 0 Å². The van der Waals surface area contributed by atoms with Gasteiger partial charge in [-0.3, -0.25) is 9.59 Å². The summed E-state index contributed by atoms with van der Waals surface area (Å²) in [5.41, 5.74) is 2.08. The summed E-state index contributed by atoms with van der Waals surface area (Å²) < 4.78 is 0. The quantitative estimate of drug-likeness (QED) is 0.243. The molecule has 2 heterocycles. The molecule has 1 aromatic carbocycles. The molecule has 2 N–H and O–H groups in total. The van der Waals surface area contributed by atoms with Crippen LogP contribution in [-0.2, 0) is 16.1 Å². The van der Waals surface area contributed by atoms with Crippen LogP contribution in [0.15, 0.2) is 29.3 Å². The molecule has 160 valence electrons. The van der Waals surface area contributed by atoms with Crippen LogP contribution >= 0.6 is 24.0 Å². The highest BCUT2D eigenvalue weighted by atomic mass is 127. The van der Waals surface area contributed by atoms with Crippen molar-refractivity contribution in [2.45, 2.75) is 45.6 Å². The number of halogens is 1. The third-order valence-corrected chi connectivity index (χ3v) is 5.15. The number of rotatable bonds is 8. The first-order valence-electron chi connectivity index (χ1n) is 10.4. The van der Waals surface area contributed by atoms with Crippen molar-refractivity contribution < 1.29 is 9.59 Å². The minimum absolute atomic E-state index is 0. The molecule has 1 aromatic rings. The number of hydrogen-bond donors (Lipinski definition) is 2. The lowest BCUT2D eigenvalue weighted by atomic mass is 10.2. The average Bonchev–Trinajstić information content (AvgIpc) is 3.31. The fraction of sp³-hybridized carbons (Fsp3) is 0.571. The first-order chi connectivity index (χ1) is 13.7. The summed E-state index contributed by atoms with van der Waals surface area (Å²) in [7, 11) is 0. The molecule has 29 heavy (non-hydrogen) atoms. The van der Waals surface area contributed by atoms with Gasteiger partial charge in [0.2, 0.25) is 11.8 Å². The van der Waals surface area contributed by atoms with E-state index in [0.717, 1.165) is 69.2 Å². The maximum Gasteiger partial charge on any atom is 0.227 e. The van der Waals surface area contributed by atoms with Gasteiger partial charge in [0.05, 0.1) is 6.54 Å². The number of anilines is 1. The molecular weight excluding hydrogens is 481 g/mol. The van der Waals surface area contributed by atoms with E-state index in [0.29, 0.717) is 19.4 Å². The minimum Gasteiger partial charge on any atom is -0.357 e. The SMILES string of the molecule is CCNC(=NCc1ccc(N2CCCC2=O)cc1)NCCCN1CCCC1=O.I. The molecule has 2 amide bonds. The normalized spacial score (nSPS) is 16.9. The maximum atomic E-state index is 11.8. The zero-order valence-corrected chi connectivity index (χ0v) is 19.5. The van der Waals surface area contributed by atoms with Crippen LogP contribution in [0.2, 0.25) is 0 Å². The number of likely N-dealkylation sites (tertiary alicyclic amines) is 1. The van der Waals surface area contributed by atoms with E-state index in [1.807, 2.05) is 41.0 Å². The highest BCUT2D eigenvalue weighted by molar-refractivity contribution is 14.0. The Bertz CT molecular complexity index is 708. The van der Waals surface area contributed by atoms with Gasteiger partial charge in [-0.1, -0.05) is 12.1 Å². The highest BCUT2D eigenvalue weighted by Gasteiger charge is 2.21. The Kier molecular flexibility index (Phi) is 9.69. The van der Waals surface area contributed by atoms with E-state index in [4.69, 9.17) is 0 Å². The third-order valence-electron chi connectivity index (χ3n) is 5.15. The van der Waals surface area contributed by atoms with Crippen molar-refractivity contribution in [1.29, 1.82) is 0 Å². The predicted octanol–water partition coefficient (Wildman–Crippen LogP) is 2.50. The molecule has 0 saturated carbocycles. The smallest absolute Gasteiger partial charge is 0.227 e. The molecule has 2 saturated heterocycles. The van der Waals surface area contributed by atoms with Crippen molar-refractivity contribution >= 4 is 47.4 Å². The van der Waals surface area contributed by atoms with Crippen molar-refractivity contribution in [2.24, 2.45) is 4.99 Å². The summed E-state index contributed by atoms with van der Waals surface area (Å²) in [6.45, 7) is 6.72. The topological polar surface area (TPSA) is 77.0 Å². The Morgan fingerprint density at radius 1 is 1.03 bits per heavy atom. The molecule has 2 fully saturated rings. The Labute approximate surface area is 190 Å². The molecule has 7 nitrogen and oxygen atoms in total. The molecule has 0 spiro atoms. The molecule has 0 radical (unpaired) electrons. The third kappa shape index (κ3) is 6.87. The number of carbonyl (C=O) groups excluding carboxylic acids is 2. The zero-order valence-electron chi connectivity index (χ0n) is 17.2. The first-order valence-corrected chi connectivity index (χ1v) is 10.4. The number of carbonyl (C=O) groups is 2. The summed E-state index contributed by atoms with van der Waals surface area (Å²) >= 11 is 0. The fourth-order valence-corrected chi connectivity index (χ4v) is 3.63. The number of benzene rings is 1. The van der Waals surface area contributed by atoms with Gasteiger partial charge in [-0.05, 0) is 43.9 Å². The van der Waals surface area contributed by atoms with Crippen LogP contribution in [0.25, 0.3) is 0 Å². The molecular formula is C21H32IN5O2. The molecule has 8 heteroatoms. The van der Waals surface area contributed by atoms with Crippen LogP contribution in [0.4, 0.5) is 5.69 Å². The summed E-state index contributed by atoms with van der Waals surface area (Å²) in [4.78, 5) is 31.9. The van der Waals surface area contributed by atoms with Crippen molar-refractivity contribution in [1.82, 2.24) is 15.5 Å². The second kappa shape index (κ2) is 12.0. The van der Waals surface area contributed by atoms with Gasteiger partial charge in [0, 0.05) is 51.3 Å². The average molecular weight is 513 g/mol. The number of amides is 2. The summed E-state index contributed by atoms with van der Waals surface area (Å²) in [5.74, 6) is 1.27. The van der Waals surface area contributed by atoms with Crippen molar-refractivity contribution in [3.05, 3.63) is 29.8 Å². The van der Waals surface area contributed by atoms with Crippen molar-refractivity contribution in [2.75, 3.05) is 37.6 Å². The van der Waals surface area contributed by atoms with Crippen LogP contribution < -0.4 is 15.5 Å². The summed E-state index contributed by atoms with van der Waals surface area (Å²) in [6.07, 6.45) is 4.18. The van der Waals surface area contributed by atoms with Gasteiger partial charge in [-0.25, -0.2) is 4.99 Å². The molecule has 2 aliphatic rings. The van der Waals surface area contributed by atoms with Gasteiger partial charge in [-0.15, -0.1) is 24.0 Å². The molecule has 0 bridgehead atoms. The number of nitrogens with zero attached hydrogens (tertiary/aromatic N) is 3. The molecule has 0 unspecified atom stereocenters. The Morgan fingerprint density at radius 2 is 1.76 bits per heavy atom. The second-order valence-corrected chi connectivity index (χ2v) is 7.28. The highest BCUT2D eigenvalue weighted by Crippen LogP contribution is 2.21. The van der Waals surface area contributed by atoms with Gasteiger partial charge in [0.25, 0.3) is 0 Å². The lowest BCUT2D eigenvalue weighted by Gasteiger charge is -2.17. The Morgan fingerprint density at radius 3 is 2.38 bits per heavy atom. The van der Waals surface area contributed by atoms with Crippen molar-refractivity contribution in [3.63, 3.8) is 0 Å². The standard InChI is InChI=1S/C21H31N5O2.HI/c1-2-22-21(23-12-5-14-25-13-3-6-19(25)27)24-16-17-8-10-18(11-9-17)26-15-4-7-20(26)28;/h8-11H,2-7,12-16H2,1H3,(H2,22,23,24);1H. The number of hydrogen-bond acceptors (Lipinski definition) is 3. The zero-order chi connectivity index (χ0) is 19.8. The molecule has 0 aliphatic carbocycles. The molecule has 0 aromatic heterocycles. The Balaban J connectivity index is 0.00000300. The minimum atomic E-state index is 0. The molecule has 0 atom stereocenters. The van der Waals surface area contributed by atoms with E-state index in [9.17, 15) is 9.59 Å². The van der Waals surface area contributed by atoms with E-state index < -0.39 is 0 Å².